The summed E-state index contributed by atoms with van der Waals surface area (Å²) in [5, 5.41) is 15.9. The van der Waals surface area contributed by atoms with E-state index >= 15 is 0 Å². The number of carbonyl (C=O) groups excluding carboxylic acids is 1. The van der Waals surface area contributed by atoms with E-state index in [1.54, 1.807) is 0 Å². The number of aliphatic hydroxyl groups is 1. The molecule has 0 bridgehead atoms. The normalized spacial score (nSPS) is 18.9. The first-order chi connectivity index (χ1) is 8.15. The van der Waals surface area contributed by atoms with Crippen LogP contribution in [0.2, 0.25) is 5.15 Å². The Morgan fingerprint density at radius 3 is 2.88 bits per heavy atom. The van der Waals surface area contributed by atoms with Crippen molar-refractivity contribution in [1.29, 1.82) is 0 Å². The second kappa shape index (κ2) is 5.29. The van der Waals surface area contributed by atoms with Crippen molar-refractivity contribution in [2.24, 2.45) is 0 Å². The monoisotopic (exact) mass is 276 g/mol. The molecule has 5 nitrogen and oxygen atoms in total. The topological polar surface area (TPSA) is 75.4 Å². The molecule has 2 N–H and O–H groups in total. The van der Waals surface area contributed by atoms with E-state index in [1.165, 1.54) is 6.07 Å². The van der Waals surface area contributed by atoms with Crippen LogP contribution in [0.5, 0.6) is 0 Å². The van der Waals surface area contributed by atoms with Crippen LogP contribution in [0, 0.1) is 0 Å². The number of hydrogen-bond donors (Lipinski definition) is 2. The number of carbonyl (C=O) groups is 1. The van der Waals surface area contributed by atoms with Gasteiger partial charge in [0, 0.05) is 6.07 Å². The summed E-state index contributed by atoms with van der Waals surface area (Å²) in [7, 11) is 0. The van der Waals surface area contributed by atoms with Crippen LogP contribution in [0.15, 0.2) is 10.6 Å². The molecule has 0 aliphatic carbocycles. The fraction of sp³-hybridized carbons (Fsp3) is 0.600. The van der Waals surface area contributed by atoms with Crippen LogP contribution in [-0.2, 0) is 0 Å². The van der Waals surface area contributed by atoms with E-state index in [0.29, 0.717) is 0 Å². The Balaban J connectivity index is 2.05. The van der Waals surface area contributed by atoms with Crippen LogP contribution in [0.1, 0.15) is 23.4 Å². The number of nitrogens with zero attached hydrogens (tertiary/aromatic N) is 1. The van der Waals surface area contributed by atoms with E-state index in [9.17, 15) is 9.90 Å². The molecule has 1 fully saturated rings. The molecule has 0 unspecified atom stereocenters. The molecule has 1 aromatic heterocycles. The zero-order valence-electron chi connectivity index (χ0n) is 9.11. The molecule has 1 amide bonds. The number of aromatic nitrogens is 1. The lowest BCUT2D eigenvalue weighted by Crippen LogP contribution is -2.53. The van der Waals surface area contributed by atoms with Crippen molar-refractivity contribution >= 4 is 29.3 Å². The minimum Gasteiger partial charge on any atom is -0.394 e. The lowest BCUT2D eigenvalue weighted by atomic mass is 9.93. The zero-order valence-corrected chi connectivity index (χ0v) is 10.7. The first-order valence-electron chi connectivity index (χ1n) is 5.28. The summed E-state index contributed by atoms with van der Waals surface area (Å²) < 4.78 is 4.78. The van der Waals surface area contributed by atoms with Gasteiger partial charge in [0.2, 0.25) is 5.76 Å². The van der Waals surface area contributed by atoms with Gasteiger partial charge in [-0.3, -0.25) is 4.79 Å². The van der Waals surface area contributed by atoms with Crippen molar-refractivity contribution in [2.75, 3.05) is 18.1 Å². The van der Waals surface area contributed by atoms with Gasteiger partial charge in [0.05, 0.1) is 12.1 Å². The SMILES string of the molecule is O=C(NC1(CO)CCSCC1)c1cc(Cl)no1. The Morgan fingerprint density at radius 1 is 1.65 bits per heavy atom. The van der Waals surface area contributed by atoms with Crippen LogP contribution in [0.3, 0.4) is 0 Å². The minimum atomic E-state index is -0.540. The van der Waals surface area contributed by atoms with Crippen molar-refractivity contribution in [2.45, 2.75) is 18.4 Å². The summed E-state index contributed by atoms with van der Waals surface area (Å²) >= 11 is 7.40. The highest BCUT2D eigenvalue weighted by Crippen LogP contribution is 2.27. The van der Waals surface area contributed by atoms with Gasteiger partial charge in [-0.15, -0.1) is 0 Å². The number of nitrogens with one attached hydrogen (secondary N) is 1. The van der Waals surface area contributed by atoms with Crippen LogP contribution in [0.25, 0.3) is 0 Å². The van der Waals surface area contributed by atoms with Crippen LogP contribution >= 0.6 is 23.4 Å². The van der Waals surface area contributed by atoms with Gasteiger partial charge in [-0.2, -0.15) is 11.8 Å². The number of aliphatic hydroxyl groups excluding tert-OH is 1. The van der Waals surface area contributed by atoms with Crippen LogP contribution in [0.4, 0.5) is 0 Å². The molecule has 0 spiro atoms. The molecule has 1 aliphatic heterocycles. The Kier molecular flexibility index (Phi) is 3.96. The number of halogens is 1. The minimum absolute atomic E-state index is 0.0683. The van der Waals surface area contributed by atoms with Crippen LogP contribution in [-0.4, -0.2) is 39.8 Å². The standard InChI is InChI=1S/C10H13ClN2O3S/c11-8-5-7(16-13-8)9(15)12-10(6-14)1-3-17-4-2-10/h5,14H,1-4,6H2,(H,12,15). The molecule has 2 heterocycles. The average Bonchev–Trinajstić information content (AvgIpc) is 2.77. The summed E-state index contributed by atoms with van der Waals surface area (Å²) in [6.07, 6.45) is 1.50. The average molecular weight is 277 g/mol. The van der Waals surface area contributed by atoms with Crippen molar-refractivity contribution in [1.82, 2.24) is 10.5 Å². The highest BCUT2D eigenvalue weighted by molar-refractivity contribution is 7.99. The molecular formula is C10H13ClN2O3S. The zero-order chi connectivity index (χ0) is 12.3. The third-order valence-corrected chi connectivity index (χ3v) is 4.00. The van der Waals surface area contributed by atoms with Gasteiger partial charge in [0.15, 0.2) is 5.15 Å². The smallest absolute Gasteiger partial charge is 0.290 e. The van der Waals surface area contributed by atoms with E-state index in [0.717, 1.165) is 24.3 Å². The van der Waals surface area contributed by atoms with Gasteiger partial charge < -0.3 is 14.9 Å². The number of thioether (sulfide) groups is 1. The van der Waals surface area contributed by atoms with Gasteiger partial charge in [-0.05, 0) is 24.3 Å². The maximum atomic E-state index is 11.9. The largest absolute Gasteiger partial charge is 0.394 e. The van der Waals surface area contributed by atoms with Crippen molar-refractivity contribution in [3.63, 3.8) is 0 Å². The van der Waals surface area contributed by atoms with Crippen molar-refractivity contribution in [3.8, 4) is 0 Å². The molecule has 0 aromatic carbocycles. The van der Waals surface area contributed by atoms with Gasteiger partial charge in [0.25, 0.3) is 5.91 Å². The first kappa shape index (κ1) is 12.7. The third-order valence-electron chi connectivity index (χ3n) is 2.84. The van der Waals surface area contributed by atoms with Crippen LogP contribution < -0.4 is 5.32 Å². The molecule has 94 valence electrons. The molecule has 2 rings (SSSR count). The van der Waals surface area contributed by atoms with Crippen molar-refractivity contribution in [3.05, 3.63) is 17.0 Å². The Bertz CT molecular complexity index is 404. The van der Waals surface area contributed by atoms with E-state index < -0.39 is 5.54 Å². The Labute approximate surface area is 108 Å². The van der Waals surface area contributed by atoms with Crippen molar-refractivity contribution < 1.29 is 14.4 Å². The molecule has 0 atom stereocenters. The number of hydrogen-bond acceptors (Lipinski definition) is 5. The summed E-state index contributed by atoms with van der Waals surface area (Å²) in [5.74, 6) is 1.54. The first-order valence-corrected chi connectivity index (χ1v) is 6.82. The molecule has 1 saturated heterocycles. The number of amides is 1. The van der Waals surface area contributed by atoms with E-state index in [2.05, 4.69) is 10.5 Å². The summed E-state index contributed by atoms with van der Waals surface area (Å²) in [6.45, 7) is -0.0683. The Morgan fingerprint density at radius 2 is 2.35 bits per heavy atom. The van der Waals surface area contributed by atoms with E-state index in [4.69, 9.17) is 16.1 Å². The summed E-state index contributed by atoms with van der Waals surface area (Å²) in [5.41, 5.74) is -0.540. The number of rotatable bonds is 3. The maximum Gasteiger partial charge on any atom is 0.290 e. The highest BCUT2D eigenvalue weighted by Gasteiger charge is 2.34. The Hall–Kier alpha value is -0.720. The van der Waals surface area contributed by atoms with Gasteiger partial charge >= 0.3 is 0 Å². The second-order valence-corrected chi connectivity index (χ2v) is 5.63. The molecule has 0 saturated carbocycles. The molecule has 17 heavy (non-hydrogen) atoms. The third kappa shape index (κ3) is 2.94. The predicted octanol–water partition coefficient (Wildman–Crippen LogP) is 1.32. The molecule has 0 radical (unpaired) electrons. The van der Waals surface area contributed by atoms with Gasteiger partial charge in [-0.1, -0.05) is 16.8 Å². The fourth-order valence-corrected chi connectivity index (χ4v) is 3.16. The molecule has 7 heteroatoms. The quantitative estimate of drug-likeness (QED) is 0.871. The summed E-state index contributed by atoms with van der Waals surface area (Å²) in [4.78, 5) is 11.9. The fourth-order valence-electron chi connectivity index (χ4n) is 1.75. The lowest BCUT2D eigenvalue weighted by Gasteiger charge is -2.35. The van der Waals surface area contributed by atoms with E-state index in [1.807, 2.05) is 11.8 Å². The van der Waals surface area contributed by atoms with Gasteiger partial charge in [-0.25, -0.2) is 0 Å². The molecular weight excluding hydrogens is 264 g/mol. The van der Waals surface area contributed by atoms with E-state index in [-0.39, 0.29) is 23.4 Å². The molecule has 1 aromatic rings. The summed E-state index contributed by atoms with van der Waals surface area (Å²) in [6, 6.07) is 1.36. The lowest BCUT2D eigenvalue weighted by molar-refractivity contribution is 0.0781. The maximum absolute atomic E-state index is 11.9. The highest BCUT2D eigenvalue weighted by atomic mass is 35.5. The molecule has 1 aliphatic rings. The predicted molar refractivity (Wildman–Crippen MR) is 65.4 cm³/mol. The second-order valence-electron chi connectivity index (χ2n) is 4.02. The van der Waals surface area contributed by atoms with Gasteiger partial charge in [0.1, 0.15) is 0 Å².